The number of hydrogen-bond donors (Lipinski definition) is 0. The van der Waals surface area contributed by atoms with Crippen molar-refractivity contribution in [2.75, 3.05) is 20.3 Å². The van der Waals surface area contributed by atoms with Gasteiger partial charge in [0.05, 0.1) is 13.4 Å². The van der Waals surface area contributed by atoms with E-state index in [-0.39, 0.29) is 0 Å². The second-order valence-electron chi connectivity index (χ2n) is 2.85. The molecule has 1 rings (SSSR count). The molecule has 0 amide bonds. The molecule has 13 heavy (non-hydrogen) atoms. The Kier molecular flexibility index (Phi) is 4.32. The van der Waals surface area contributed by atoms with Gasteiger partial charge >= 0.3 is 6.16 Å². The topological polar surface area (TPSA) is 44.8 Å². The van der Waals surface area contributed by atoms with E-state index in [1.165, 1.54) is 13.4 Å². The monoisotopic (exact) mass is 186 g/mol. The first-order valence-electron chi connectivity index (χ1n) is 4.32. The summed E-state index contributed by atoms with van der Waals surface area (Å²) in [7, 11) is 1.28. The standard InChI is InChI=1S/C9H14O4/c1-11-9(10)13-7-4-8-2-5-12-6-3-8/h4,7-8H,2-3,5-6H2,1H3. The Morgan fingerprint density at radius 1 is 1.46 bits per heavy atom. The fourth-order valence-corrected chi connectivity index (χ4v) is 1.16. The van der Waals surface area contributed by atoms with Gasteiger partial charge in [0.2, 0.25) is 0 Å². The molecule has 0 radical (unpaired) electrons. The van der Waals surface area contributed by atoms with Crippen LogP contribution in [0.15, 0.2) is 12.3 Å². The summed E-state index contributed by atoms with van der Waals surface area (Å²) in [5.41, 5.74) is 0. The second-order valence-corrected chi connectivity index (χ2v) is 2.85. The maximum atomic E-state index is 10.5. The molecule has 4 heteroatoms. The second kappa shape index (κ2) is 5.59. The van der Waals surface area contributed by atoms with E-state index in [4.69, 9.17) is 4.74 Å². The highest BCUT2D eigenvalue weighted by Gasteiger charge is 2.10. The minimum absolute atomic E-state index is 0.457. The van der Waals surface area contributed by atoms with Crippen molar-refractivity contribution < 1.29 is 19.0 Å². The molecule has 0 bridgehead atoms. The Bertz CT molecular complexity index is 182. The molecular formula is C9H14O4. The van der Waals surface area contributed by atoms with Crippen LogP contribution in [0, 0.1) is 5.92 Å². The van der Waals surface area contributed by atoms with Gasteiger partial charge in [0, 0.05) is 13.2 Å². The molecule has 4 nitrogen and oxygen atoms in total. The van der Waals surface area contributed by atoms with E-state index in [0.717, 1.165) is 26.1 Å². The van der Waals surface area contributed by atoms with Crippen LogP contribution in [0.2, 0.25) is 0 Å². The molecule has 0 saturated carbocycles. The zero-order chi connectivity index (χ0) is 9.52. The number of carbonyl (C=O) groups excluding carboxylic acids is 1. The SMILES string of the molecule is COC(=O)OC=CC1CCOCC1. The normalized spacial score (nSPS) is 18.8. The predicted molar refractivity (Wildman–Crippen MR) is 46.2 cm³/mol. The molecule has 1 aliphatic rings. The van der Waals surface area contributed by atoms with Crippen molar-refractivity contribution in [3.05, 3.63) is 12.3 Å². The molecule has 0 aliphatic carbocycles. The lowest BCUT2D eigenvalue weighted by Gasteiger charge is -2.18. The average molecular weight is 186 g/mol. The first kappa shape index (κ1) is 10.1. The molecular weight excluding hydrogens is 172 g/mol. The van der Waals surface area contributed by atoms with Crippen molar-refractivity contribution in [3.63, 3.8) is 0 Å². The quantitative estimate of drug-likeness (QED) is 0.486. The van der Waals surface area contributed by atoms with Crippen LogP contribution in [0.1, 0.15) is 12.8 Å². The largest absolute Gasteiger partial charge is 0.512 e. The van der Waals surface area contributed by atoms with E-state index in [0.29, 0.717) is 5.92 Å². The summed E-state index contributed by atoms with van der Waals surface area (Å²) in [5, 5.41) is 0. The maximum absolute atomic E-state index is 10.5. The van der Waals surface area contributed by atoms with E-state index in [1.54, 1.807) is 0 Å². The summed E-state index contributed by atoms with van der Waals surface area (Å²) in [6.45, 7) is 1.57. The van der Waals surface area contributed by atoms with Crippen LogP contribution < -0.4 is 0 Å². The molecule has 74 valence electrons. The Balaban J connectivity index is 2.18. The lowest BCUT2D eigenvalue weighted by atomic mass is 10.0. The van der Waals surface area contributed by atoms with Gasteiger partial charge in [0.25, 0.3) is 0 Å². The lowest BCUT2D eigenvalue weighted by Crippen LogP contribution is -2.13. The number of hydrogen-bond acceptors (Lipinski definition) is 4. The van der Waals surface area contributed by atoms with Crippen LogP contribution in [-0.4, -0.2) is 26.5 Å². The van der Waals surface area contributed by atoms with Crippen molar-refractivity contribution in [3.8, 4) is 0 Å². The van der Waals surface area contributed by atoms with E-state index in [1.807, 2.05) is 6.08 Å². The van der Waals surface area contributed by atoms with Crippen LogP contribution >= 0.6 is 0 Å². The van der Waals surface area contributed by atoms with Crippen LogP contribution in [0.4, 0.5) is 4.79 Å². The molecule has 0 aromatic carbocycles. The lowest BCUT2D eigenvalue weighted by molar-refractivity contribution is 0.0770. The molecule has 0 spiro atoms. The van der Waals surface area contributed by atoms with Crippen molar-refractivity contribution >= 4 is 6.16 Å². The molecule has 0 aromatic heterocycles. The highest BCUT2D eigenvalue weighted by Crippen LogP contribution is 2.15. The summed E-state index contributed by atoms with van der Waals surface area (Å²) in [6.07, 6.45) is 4.56. The van der Waals surface area contributed by atoms with E-state index in [2.05, 4.69) is 9.47 Å². The summed E-state index contributed by atoms with van der Waals surface area (Å²) < 4.78 is 14.1. The third-order valence-corrected chi connectivity index (χ3v) is 1.95. The van der Waals surface area contributed by atoms with Gasteiger partial charge < -0.3 is 14.2 Å². The average Bonchev–Trinajstić information content (AvgIpc) is 2.19. The van der Waals surface area contributed by atoms with Gasteiger partial charge in [-0.05, 0) is 24.8 Å². The van der Waals surface area contributed by atoms with Crippen LogP contribution in [-0.2, 0) is 14.2 Å². The number of methoxy groups -OCH3 is 1. The zero-order valence-electron chi connectivity index (χ0n) is 7.69. The fourth-order valence-electron chi connectivity index (χ4n) is 1.16. The maximum Gasteiger partial charge on any atom is 0.512 e. The van der Waals surface area contributed by atoms with E-state index in [9.17, 15) is 4.79 Å². The first-order chi connectivity index (χ1) is 6.33. The van der Waals surface area contributed by atoms with Gasteiger partial charge in [0.15, 0.2) is 0 Å². The minimum Gasteiger partial charge on any atom is -0.437 e. The van der Waals surface area contributed by atoms with Crippen molar-refractivity contribution in [2.24, 2.45) is 5.92 Å². The molecule has 1 aliphatic heterocycles. The van der Waals surface area contributed by atoms with Crippen molar-refractivity contribution in [1.29, 1.82) is 0 Å². The molecule has 0 unspecified atom stereocenters. The Labute approximate surface area is 77.5 Å². The third-order valence-electron chi connectivity index (χ3n) is 1.95. The minimum atomic E-state index is -0.677. The van der Waals surface area contributed by atoms with Crippen molar-refractivity contribution in [1.82, 2.24) is 0 Å². The highest BCUT2D eigenvalue weighted by molar-refractivity contribution is 5.60. The predicted octanol–water partition coefficient (Wildman–Crippen LogP) is 1.71. The summed E-state index contributed by atoms with van der Waals surface area (Å²) in [4.78, 5) is 10.5. The molecule has 1 saturated heterocycles. The Hall–Kier alpha value is -1.03. The highest BCUT2D eigenvalue weighted by atomic mass is 16.7. The smallest absolute Gasteiger partial charge is 0.437 e. The van der Waals surface area contributed by atoms with Crippen LogP contribution in [0.3, 0.4) is 0 Å². The third kappa shape index (κ3) is 3.94. The Morgan fingerprint density at radius 3 is 2.77 bits per heavy atom. The summed E-state index contributed by atoms with van der Waals surface area (Å²) in [5.74, 6) is 0.457. The number of ether oxygens (including phenoxy) is 3. The van der Waals surface area contributed by atoms with Crippen LogP contribution in [0.25, 0.3) is 0 Å². The van der Waals surface area contributed by atoms with Crippen molar-refractivity contribution in [2.45, 2.75) is 12.8 Å². The van der Waals surface area contributed by atoms with Gasteiger partial charge in [-0.25, -0.2) is 4.79 Å². The molecule has 0 N–H and O–H groups in total. The summed E-state index contributed by atoms with van der Waals surface area (Å²) in [6, 6.07) is 0. The van der Waals surface area contributed by atoms with E-state index >= 15 is 0 Å². The summed E-state index contributed by atoms with van der Waals surface area (Å²) >= 11 is 0. The molecule has 0 aromatic rings. The molecule has 0 atom stereocenters. The molecule has 1 fully saturated rings. The molecule has 1 heterocycles. The first-order valence-corrected chi connectivity index (χ1v) is 4.32. The van der Waals surface area contributed by atoms with Gasteiger partial charge in [-0.15, -0.1) is 0 Å². The Morgan fingerprint density at radius 2 is 2.15 bits per heavy atom. The number of rotatable bonds is 2. The van der Waals surface area contributed by atoms with Gasteiger partial charge in [-0.1, -0.05) is 0 Å². The van der Waals surface area contributed by atoms with E-state index < -0.39 is 6.16 Å². The van der Waals surface area contributed by atoms with Gasteiger partial charge in [-0.3, -0.25) is 0 Å². The fraction of sp³-hybridized carbons (Fsp3) is 0.667. The zero-order valence-corrected chi connectivity index (χ0v) is 7.69. The number of allylic oxidation sites excluding steroid dienone is 1. The number of carbonyl (C=O) groups is 1. The van der Waals surface area contributed by atoms with Crippen LogP contribution in [0.5, 0.6) is 0 Å². The van der Waals surface area contributed by atoms with Gasteiger partial charge in [0.1, 0.15) is 0 Å². The van der Waals surface area contributed by atoms with Gasteiger partial charge in [-0.2, -0.15) is 0 Å².